The smallest absolute Gasteiger partial charge is 0.314 e. The highest BCUT2D eigenvalue weighted by atomic mass is 32.2. The highest BCUT2D eigenvalue weighted by Crippen LogP contribution is 2.68. The summed E-state index contributed by atoms with van der Waals surface area (Å²) in [6.07, 6.45) is 16.4. The van der Waals surface area contributed by atoms with Crippen LogP contribution in [0.1, 0.15) is 184 Å². The van der Waals surface area contributed by atoms with E-state index in [1.54, 1.807) is 0 Å². The number of hydrogen-bond acceptors (Lipinski definition) is 11. The molecule has 8 nitrogen and oxygen atoms in total. The van der Waals surface area contributed by atoms with Crippen molar-refractivity contribution in [3.8, 4) is 17.6 Å². The molecule has 4 unspecified atom stereocenters. The van der Waals surface area contributed by atoms with Crippen LogP contribution in [0.25, 0.3) is 4.85 Å². The Kier molecular flexibility index (Phi) is 23.6. The van der Waals surface area contributed by atoms with Crippen LogP contribution in [0.2, 0.25) is 0 Å². The fraction of sp³-hybridized carbons (Fsp3) is 0.667. The molecule has 0 aliphatic carbocycles. The summed E-state index contributed by atoms with van der Waals surface area (Å²) in [5.74, 6) is -0.606. The number of hydrogen-bond donors (Lipinski definition) is 0. The van der Waals surface area contributed by atoms with Gasteiger partial charge in [0.1, 0.15) is 11.6 Å². The zero-order valence-corrected chi connectivity index (χ0v) is 40.7. The van der Waals surface area contributed by atoms with Gasteiger partial charge >= 0.3 is 11.9 Å². The molecule has 1 aromatic rings. The van der Waals surface area contributed by atoms with Crippen LogP contribution in [-0.2, 0) is 19.2 Å². The first-order valence-corrected chi connectivity index (χ1v) is 26.0. The number of benzene rings is 1. The predicted molar refractivity (Wildman–Crippen MR) is 249 cm³/mol. The number of carbonyl (C=O) groups is 4. The average Bonchev–Trinajstić information content (AvgIpc) is 3.89. The van der Waals surface area contributed by atoms with E-state index in [4.69, 9.17) is 16.0 Å². The first kappa shape index (κ1) is 51.7. The molecule has 0 N–H and O–H groups in total. The quantitative estimate of drug-likeness (QED) is 0.0263. The summed E-state index contributed by atoms with van der Waals surface area (Å²) in [7, 11) is 0. The number of rotatable bonds is 28. The van der Waals surface area contributed by atoms with Crippen LogP contribution in [0, 0.1) is 41.6 Å². The molecular weight excluding hydrogens is 829 g/mol. The van der Waals surface area contributed by atoms with Gasteiger partial charge in [0.2, 0.25) is 5.70 Å². The van der Waals surface area contributed by atoms with Crippen LogP contribution in [0.15, 0.2) is 39.3 Å². The second-order valence-electron chi connectivity index (χ2n) is 16.0. The summed E-state index contributed by atoms with van der Waals surface area (Å²) in [6.45, 7) is 24.9. The van der Waals surface area contributed by atoms with E-state index in [1.165, 1.54) is 47.0 Å². The lowest BCUT2D eigenvalue weighted by Crippen LogP contribution is -2.22. The Labute approximate surface area is 378 Å². The maximum atomic E-state index is 14.0. The van der Waals surface area contributed by atoms with E-state index in [0.717, 1.165) is 77.0 Å². The molecule has 4 atom stereocenters. The highest BCUT2D eigenvalue weighted by molar-refractivity contribution is 8.26. The average molecular weight is 897 g/mol. The molecule has 0 aromatic heterocycles. The van der Waals surface area contributed by atoms with Crippen molar-refractivity contribution in [2.45, 2.75) is 203 Å². The molecule has 0 saturated heterocycles. The molecule has 0 radical (unpaired) electrons. The van der Waals surface area contributed by atoms with Crippen LogP contribution in [0.4, 0.5) is 0 Å². The van der Waals surface area contributed by atoms with E-state index in [0.29, 0.717) is 78.4 Å². The lowest BCUT2D eigenvalue weighted by atomic mass is 9.92. The van der Waals surface area contributed by atoms with Gasteiger partial charge in [-0.2, -0.15) is 5.26 Å². The first-order valence-electron chi connectivity index (χ1n) is 22.7. The van der Waals surface area contributed by atoms with Crippen LogP contribution >= 0.6 is 47.0 Å². The van der Waals surface area contributed by atoms with E-state index < -0.39 is 0 Å². The van der Waals surface area contributed by atoms with Gasteiger partial charge in [0.15, 0.2) is 23.1 Å². The Morgan fingerprint density at radius 3 is 1.30 bits per heavy atom. The molecule has 2 heterocycles. The van der Waals surface area contributed by atoms with Gasteiger partial charge in [0, 0.05) is 12.8 Å². The number of thioether (sulfide) groups is 4. The lowest BCUT2D eigenvalue weighted by Gasteiger charge is -2.20. The van der Waals surface area contributed by atoms with Crippen LogP contribution in [-0.4, -0.2) is 23.5 Å². The molecule has 3 rings (SSSR count). The topological polar surface area (TPSA) is 115 Å². The van der Waals surface area contributed by atoms with Gasteiger partial charge < -0.3 is 14.3 Å². The zero-order chi connectivity index (χ0) is 44.2. The number of Topliss-reactive ketones (excluding diaryl/α,β-unsaturated/α-hetero) is 2. The Balaban J connectivity index is 2.24. The molecule has 0 bridgehead atoms. The number of fused-ring (bicyclic) bond motifs is 2. The largest absolute Gasteiger partial charge is 0.424 e. The maximum Gasteiger partial charge on any atom is 0.314 e. The fourth-order valence-corrected chi connectivity index (χ4v) is 12.9. The summed E-state index contributed by atoms with van der Waals surface area (Å²) >= 11 is 4.80. The number of ether oxygens (including phenoxy) is 2. The van der Waals surface area contributed by atoms with Crippen molar-refractivity contribution in [2.75, 3.05) is 0 Å². The van der Waals surface area contributed by atoms with Crippen LogP contribution in [0.5, 0.6) is 11.5 Å². The SMILES string of the molecule is [C-]#[N+]C(C(=O)CCC(CC)CCCC)=C1Sc2c(OC(=O)C(CC)CCCC)c3c(c(OC(=O)C(CC)CCCC)c2S1)SC(=C(C#N)C(=O)CCC(CC)CCCC)S3. The van der Waals surface area contributed by atoms with E-state index in [9.17, 15) is 24.4 Å². The summed E-state index contributed by atoms with van der Waals surface area (Å²) < 4.78 is 13.8. The third-order valence-electron chi connectivity index (χ3n) is 11.7. The summed E-state index contributed by atoms with van der Waals surface area (Å²) in [6, 6.07) is 2.20. The number of unbranched alkanes of at least 4 members (excludes halogenated alkanes) is 4. The minimum absolute atomic E-state index is 0.0348. The number of nitrogens with zero attached hydrogens (tertiary/aromatic N) is 2. The van der Waals surface area contributed by atoms with Gasteiger partial charge in [-0.15, -0.1) is 0 Å². The van der Waals surface area contributed by atoms with Gasteiger partial charge in [-0.1, -0.05) is 179 Å². The van der Waals surface area contributed by atoms with Crippen molar-refractivity contribution >= 4 is 70.6 Å². The maximum absolute atomic E-state index is 14.0. The summed E-state index contributed by atoms with van der Waals surface area (Å²) in [5, 5.41) is 10.5. The van der Waals surface area contributed by atoms with Crippen LogP contribution < -0.4 is 9.47 Å². The molecule has 2 aliphatic rings. The van der Waals surface area contributed by atoms with Crippen molar-refractivity contribution in [3.63, 3.8) is 0 Å². The summed E-state index contributed by atoms with van der Waals surface area (Å²) in [4.78, 5) is 61.5. The highest BCUT2D eigenvalue weighted by Gasteiger charge is 2.41. The molecule has 0 spiro atoms. The molecule has 2 aliphatic heterocycles. The van der Waals surface area contributed by atoms with Gasteiger partial charge in [-0.3, -0.25) is 14.4 Å². The Morgan fingerprint density at radius 1 is 0.567 bits per heavy atom. The van der Waals surface area contributed by atoms with Gasteiger partial charge in [-0.25, -0.2) is 4.85 Å². The van der Waals surface area contributed by atoms with Crippen molar-refractivity contribution in [3.05, 3.63) is 31.2 Å². The number of allylic oxidation sites excluding steroid dienone is 2. The van der Waals surface area contributed by atoms with E-state index in [-0.39, 0.29) is 71.0 Å². The molecule has 0 fully saturated rings. The van der Waals surface area contributed by atoms with Gasteiger partial charge in [0.05, 0.1) is 46.5 Å². The van der Waals surface area contributed by atoms with Gasteiger partial charge in [-0.05, 0) is 50.4 Å². The normalized spacial score (nSPS) is 15.0. The van der Waals surface area contributed by atoms with Crippen LogP contribution in [0.3, 0.4) is 0 Å². The molecule has 0 amide bonds. The Bertz CT molecular complexity index is 1640. The van der Waals surface area contributed by atoms with E-state index in [1.807, 2.05) is 13.8 Å². The number of nitriles is 1. The van der Waals surface area contributed by atoms with Crippen molar-refractivity contribution < 1.29 is 28.7 Å². The molecule has 330 valence electrons. The number of carbonyl (C=O) groups excluding carboxylic acids is 4. The second kappa shape index (κ2) is 27.4. The van der Waals surface area contributed by atoms with E-state index >= 15 is 0 Å². The van der Waals surface area contributed by atoms with Crippen molar-refractivity contribution in [1.82, 2.24) is 0 Å². The zero-order valence-electron chi connectivity index (χ0n) is 37.4. The van der Waals surface area contributed by atoms with Crippen molar-refractivity contribution in [2.24, 2.45) is 23.7 Å². The third-order valence-corrected chi connectivity index (χ3v) is 16.9. The van der Waals surface area contributed by atoms with Gasteiger partial charge in [0.25, 0.3) is 0 Å². The predicted octanol–water partition coefficient (Wildman–Crippen LogP) is 15.3. The Hall–Kier alpha value is -2.64. The minimum Gasteiger partial charge on any atom is -0.424 e. The molecular formula is C48H68N2O6S4. The third kappa shape index (κ3) is 14.2. The lowest BCUT2D eigenvalue weighted by molar-refractivity contribution is -0.141. The van der Waals surface area contributed by atoms with Crippen molar-refractivity contribution in [1.29, 1.82) is 5.26 Å². The number of ketones is 2. The molecule has 60 heavy (non-hydrogen) atoms. The minimum atomic E-state index is -0.384. The monoisotopic (exact) mass is 896 g/mol. The fourth-order valence-electron chi connectivity index (χ4n) is 7.48. The molecule has 12 heteroatoms. The Morgan fingerprint density at radius 2 is 0.950 bits per heavy atom. The molecule has 0 saturated carbocycles. The molecule has 1 aromatic carbocycles. The summed E-state index contributed by atoms with van der Waals surface area (Å²) in [5.41, 5.74) is 0.0868. The first-order chi connectivity index (χ1) is 29.0. The number of esters is 2. The second-order valence-corrected chi connectivity index (χ2v) is 20.6. The van der Waals surface area contributed by atoms with E-state index in [2.05, 4.69) is 52.5 Å². The standard InChI is InChI=1S/C48H68N2O6S4/c1-10-18-22-31(14-5)26-28-36(51)35(30-49)47-57-41-39(55-45(53)33(16-7)24-20-12-3)43-44(40(42(41)58-47)56-46(54)34(17-8)25-21-13-4)60-48(59-43)38(50-9)37(52)29-27-32(15-6)23-19-11-2/h31-34H,10-29H2,1-8H3.